The van der Waals surface area contributed by atoms with E-state index in [0.717, 1.165) is 19.0 Å². The first-order valence-electron chi connectivity index (χ1n) is 8.95. The van der Waals surface area contributed by atoms with E-state index in [1.54, 1.807) is 29.8 Å². The van der Waals surface area contributed by atoms with Gasteiger partial charge in [0.15, 0.2) is 4.34 Å². The number of aromatic nitrogens is 2. The molecular formula is C22H13ClN4OS3. The molecule has 1 aromatic heterocycles. The van der Waals surface area contributed by atoms with E-state index in [1.807, 2.05) is 42.5 Å². The zero-order valence-corrected chi connectivity index (χ0v) is 19.0. The van der Waals surface area contributed by atoms with E-state index in [9.17, 15) is 10.1 Å². The predicted molar refractivity (Wildman–Crippen MR) is 125 cm³/mol. The van der Waals surface area contributed by atoms with Crippen LogP contribution in [0, 0.1) is 11.3 Å². The third kappa shape index (κ3) is 5.27. The number of carbonyl (C=O) groups is 1. The van der Waals surface area contributed by atoms with Gasteiger partial charge in [0, 0.05) is 20.4 Å². The van der Waals surface area contributed by atoms with E-state index in [4.69, 9.17) is 11.6 Å². The highest BCUT2D eigenvalue weighted by Gasteiger charge is 2.15. The average Bonchev–Trinajstić information content (AvgIpc) is 3.29. The summed E-state index contributed by atoms with van der Waals surface area (Å²) in [7, 11) is 0. The predicted octanol–water partition coefficient (Wildman–Crippen LogP) is 6.62. The van der Waals surface area contributed by atoms with Crippen molar-refractivity contribution < 1.29 is 4.79 Å². The van der Waals surface area contributed by atoms with Crippen molar-refractivity contribution in [3.63, 3.8) is 0 Å². The molecule has 0 fully saturated rings. The highest BCUT2D eigenvalue weighted by Crippen LogP contribution is 2.36. The molecule has 3 aromatic carbocycles. The lowest BCUT2D eigenvalue weighted by atomic mass is 10.2. The molecule has 0 aliphatic rings. The summed E-state index contributed by atoms with van der Waals surface area (Å²) >= 11 is 10.6. The van der Waals surface area contributed by atoms with E-state index in [0.29, 0.717) is 21.8 Å². The molecule has 0 saturated carbocycles. The molecule has 0 aliphatic heterocycles. The van der Waals surface area contributed by atoms with Gasteiger partial charge in [-0.3, -0.25) is 4.79 Å². The van der Waals surface area contributed by atoms with E-state index in [1.165, 1.54) is 34.9 Å². The standard InChI is InChI=1S/C22H13ClN4OS3/c23-17-11-15(9-10-20(17)31-22-27-25-13-29-22)26-21(28)16-6-2-4-8-19(16)30-18-7-3-1-5-14(18)12-24/h1-11,13H,(H,26,28). The molecule has 1 N–H and O–H groups in total. The van der Waals surface area contributed by atoms with Crippen molar-refractivity contribution in [1.82, 2.24) is 10.2 Å². The first-order chi connectivity index (χ1) is 15.1. The van der Waals surface area contributed by atoms with Crippen LogP contribution in [0.2, 0.25) is 5.02 Å². The maximum atomic E-state index is 13.0. The molecule has 0 saturated heterocycles. The largest absolute Gasteiger partial charge is 0.322 e. The van der Waals surface area contributed by atoms with Crippen LogP contribution >= 0.6 is 46.5 Å². The maximum absolute atomic E-state index is 13.0. The molecule has 0 aliphatic carbocycles. The molecule has 9 heteroatoms. The summed E-state index contributed by atoms with van der Waals surface area (Å²) in [4.78, 5) is 15.4. The van der Waals surface area contributed by atoms with Gasteiger partial charge in [0.25, 0.3) is 5.91 Å². The molecule has 0 spiro atoms. The third-order valence-electron chi connectivity index (χ3n) is 4.09. The Kier molecular flexibility index (Phi) is 6.89. The first-order valence-corrected chi connectivity index (χ1v) is 11.8. The molecule has 4 rings (SSSR count). The summed E-state index contributed by atoms with van der Waals surface area (Å²) in [5, 5.41) is 20.6. The van der Waals surface area contributed by atoms with Gasteiger partial charge in [-0.25, -0.2) is 0 Å². The number of nitrogens with zero attached hydrogens (tertiary/aromatic N) is 3. The second-order valence-electron chi connectivity index (χ2n) is 6.11. The fourth-order valence-corrected chi connectivity index (χ4v) is 5.43. The molecule has 31 heavy (non-hydrogen) atoms. The van der Waals surface area contributed by atoms with E-state index in [-0.39, 0.29) is 5.91 Å². The highest BCUT2D eigenvalue weighted by molar-refractivity contribution is 8.01. The van der Waals surface area contributed by atoms with Crippen LogP contribution in [0.15, 0.2) is 91.3 Å². The van der Waals surface area contributed by atoms with Crippen LogP contribution in [0.5, 0.6) is 0 Å². The van der Waals surface area contributed by atoms with Crippen molar-refractivity contribution in [2.24, 2.45) is 0 Å². The number of rotatable bonds is 6. The molecule has 1 amide bonds. The number of nitrogens with one attached hydrogen (secondary N) is 1. The van der Waals surface area contributed by atoms with Crippen LogP contribution in [-0.4, -0.2) is 16.1 Å². The zero-order valence-electron chi connectivity index (χ0n) is 15.8. The number of halogens is 1. The van der Waals surface area contributed by atoms with Crippen molar-refractivity contribution in [1.29, 1.82) is 5.26 Å². The quantitative estimate of drug-likeness (QED) is 0.334. The Morgan fingerprint density at radius 1 is 1.00 bits per heavy atom. The number of nitriles is 1. The van der Waals surface area contributed by atoms with Gasteiger partial charge in [-0.2, -0.15) is 5.26 Å². The summed E-state index contributed by atoms with van der Waals surface area (Å²) in [5.41, 5.74) is 3.34. The fraction of sp³-hybridized carbons (Fsp3) is 0. The first kappa shape index (κ1) is 21.4. The molecule has 152 valence electrons. The van der Waals surface area contributed by atoms with Gasteiger partial charge in [-0.1, -0.05) is 70.7 Å². The Bertz CT molecular complexity index is 1270. The van der Waals surface area contributed by atoms with Crippen molar-refractivity contribution in [3.8, 4) is 6.07 Å². The van der Waals surface area contributed by atoms with Gasteiger partial charge < -0.3 is 5.32 Å². The van der Waals surface area contributed by atoms with Crippen molar-refractivity contribution in [3.05, 3.63) is 88.4 Å². The minimum atomic E-state index is -0.252. The summed E-state index contributed by atoms with van der Waals surface area (Å²) < 4.78 is 0.794. The molecule has 0 bridgehead atoms. The Morgan fingerprint density at radius 2 is 1.77 bits per heavy atom. The molecule has 0 unspecified atom stereocenters. The number of hydrogen-bond donors (Lipinski definition) is 1. The number of benzene rings is 3. The van der Waals surface area contributed by atoms with E-state index in [2.05, 4.69) is 21.6 Å². The number of anilines is 1. The summed E-state index contributed by atoms with van der Waals surface area (Å²) in [6.45, 7) is 0. The molecule has 4 aromatic rings. The Hall–Kier alpha value is -2.83. The Balaban J connectivity index is 1.53. The lowest BCUT2D eigenvalue weighted by molar-refractivity contribution is 0.102. The van der Waals surface area contributed by atoms with E-state index >= 15 is 0 Å². The van der Waals surface area contributed by atoms with Crippen molar-refractivity contribution in [2.75, 3.05) is 5.32 Å². The van der Waals surface area contributed by atoms with Gasteiger partial charge in [-0.05, 0) is 42.5 Å². The van der Waals surface area contributed by atoms with Crippen LogP contribution in [0.4, 0.5) is 5.69 Å². The van der Waals surface area contributed by atoms with Crippen molar-refractivity contribution in [2.45, 2.75) is 19.0 Å². The lowest BCUT2D eigenvalue weighted by Gasteiger charge is -2.11. The third-order valence-corrected chi connectivity index (χ3v) is 7.52. The summed E-state index contributed by atoms with van der Waals surface area (Å²) in [6, 6.07) is 22.1. The zero-order chi connectivity index (χ0) is 21.6. The SMILES string of the molecule is N#Cc1ccccc1Sc1ccccc1C(=O)Nc1ccc(Sc2nncs2)c(Cl)c1. The van der Waals surface area contributed by atoms with Crippen LogP contribution in [0.3, 0.4) is 0 Å². The monoisotopic (exact) mass is 480 g/mol. The molecule has 0 atom stereocenters. The van der Waals surface area contributed by atoms with Gasteiger partial charge in [0.2, 0.25) is 0 Å². The van der Waals surface area contributed by atoms with Crippen LogP contribution < -0.4 is 5.32 Å². The van der Waals surface area contributed by atoms with Gasteiger partial charge in [0.05, 0.1) is 16.1 Å². The summed E-state index contributed by atoms with van der Waals surface area (Å²) in [5.74, 6) is -0.252. The average molecular weight is 481 g/mol. The number of hydrogen-bond acceptors (Lipinski definition) is 7. The van der Waals surface area contributed by atoms with Gasteiger partial charge in [-0.15, -0.1) is 10.2 Å². The topological polar surface area (TPSA) is 78.7 Å². The smallest absolute Gasteiger partial charge is 0.256 e. The second-order valence-corrected chi connectivity index (χ2v) is 9.73. The van der Waals surface area contributed by atoms with E-state index < -0.39 is 0 Å². The Morgan fingerprint density at radius 3 is 2.52 bits per heavy atom. The normalized spacial score (nSPS) is 10.5. The second kappa shape index (κ2) is 9.98. The molecule has 1 heterocycles. The summed E-state index contributed by atoms with van der Waals surface area (Å²) in [6.07, 6.45) is 0. The fourth-order valence-electron chi connectivity index (χ4n) is 2.67. The number of amides is 1. The van der Waals surface area contributed by atoms with Crippen molar-refractivity contribution >= 4 is 58.1 Å². The van der Waals surface area contributed by atoms with Crippen LogP contribution in [-0.2, 0) is 0 Å². The van der Waals surface area contributed by atoms with Gasteiger partial charge >= 0.3 is 0 Å². The minimum absolute atomic E-state index is 0.252. The van der Waals surface area contributed by atoms with Crippen LogP contribution in [0.25, 0.3) is 0 Å². The molecular weight excluding hydrogens is 468 g/mol. The van der Waals surface area contributed by atoms with Crippen LogP contribution in [0.1, 0.15) is 15.9 Å². The maximum Gasteiger partial charge on any atom is 0.256 e. The number of carbonyl (C=O) groups excluding carboxylic acids is 1. The Labute approximate surface area is 196 Å². The minimum Gasteiger partial charge on any atom is -0.322 e. The molecule has 0 radical (unpaired) electrons. The van der Waals surface area contributed by atoms with Gasteiger partial charge in [0.1, 0.15) is 11.6 Å². The highest BCUT2D eigenvalue weighted by atomic mass is 35.5. The lowest BCUT2D eigenvalue weighted by Crippen LogP contribution is -2.13. The molecule has 5 nitrogen and oxygen atoms in total.